The van der Waals surface area contributed by atoms with Gasteiger partial charge in [-0.3, -0.25) is 9.59 Å². The molecule has 0 bridgehead atoms. The second-order valence-electron chi connectivity index (χ2n) is 9.14. The summed E-state index contributed by atoms with van der Waals surface area (Å²) in [7, 11) is 0. The Labute approximate surface area is 192 Å². The van der Waals surface area contributed by atoms with Crippen LogP contribution in [0.2, 0.25) is 0 Å². The van der Waals surface area contributed by atoms with E-state index in [1.807, 2.05) is 0 Å². The first kappa shape index (κ1) is 30.1. The SMILES string of the molecule is CCCCCCCCCCCCNCCC(=O)OC(=O)CC(N)CC(CC)CCCC. The molecular formula is C26H52N2O3. The van der Waals surface area contributed by atoms with E-state index >= 15 is 0 Å². The summed E-state index contributed by atoms with van der Waals surface area (Å²) < 4.78 is 4.93. The average Bonchev–Trinajstić information content (AvgIpc) is 2.74. The molecule has 3 N–H and O–H groups in total. The molecule has 0 saturated carbocycles. The van der Waals surface area contributed by atoms with Crippen molar-refractivity contribution in [1.29, 1.82) is 0 Å². The Morgan fingerprint density at radius 2 is 1.35 bits per heavy atom. The molecular weight excluding hydrogens is 388 g/mol. The van der Waals surface area contributed by atoms with Gasteiger partial charge in [0, 0.05) is 12.6 Å². The smallest absolute Gasteiger partial charge is 0.315 e. The van der Waals surface area contributed by atoms with E-state index in [0.29, 0.717) is 12.5 Å². The van der Waals surface area contributed by atoms with Crippen LogP contribution in [0, 0.1) is 5.92 Å². The summed E-state index contributed by atoms with van der Waals surface area (Å²) in [5, 5.41) is 3.27. The van der Waals surface area contributed by atoms with Crippen molar-refractivity contribution >= 4 is 11.9 Å². The minimum Gasteiger partial charge on any atom is -0.393 e. The van der Waals surface area contributed by atoms with Crippen LogP contribution in [-0.4, -0.2) is 31.1 Å². The van der Waals surface area contributed by atoms with Crippen molar-refractivity contribution in [1.82, 2.24) is 5.32 Å². The third-order valence-electron chi connectivity index (χ3n) is 6.05. The highest BCUT2D eigenvalue weighted by Crippen LogP contribution is 2.19. The van der Waals surface area contributed by atoms with Gasteiger partial charge in [-0.1, -0.05) is 104 Å². The van der Waals surface area contributed by atoms with Crippen LogP contribution in [0.5, 0.6) is 0 Å². The molecule has 0 aromatic rings. The number of carbonyl (C=O) groups is 2. The molecule has 31 heavy (non-hydrogen) atoms. The van der Waals surface area contributed by atoms with E-state index < -0.39 is 11.9 Å². The minimum absolute atomic E-state index is 0.125. The van der Waals surface area contributed by atoms with Gasteiger partial charge in [0.1, 0.15) is 0 Å². The summed E-state index contributed by atoms with van der Waals surface area (Å²) in [5.41, 5.74) is 6.10. The quantitative estimate of drug-likeness (QED) is 0.118. The lowest BCUT2D eigenvalue weighted by Gasteiger charge is -2.18. The summed E-state index contributed by atoms with van der Waals surface area (Å²) in [6, 6.07) is -0.225. The predicted molar refractivity (Wildman–Crippen MR) is 131 cm³/mol. The molecule has 0 aliphatic heterocycles. The van der Waals surface area contributed by atoms with E-state index in [4.69, 9.17) is 10.5 Å². The lowest BCUT2D eigenvalue weighted by molar-refractivity contribution is -0.159. The Morgan fingerprint density at radius 3 is 1.94 bits per heavy atom. The van der Waals surface area contributed by atoms with Crippen molar-refractivity contribution in [2.75, 3.05) is 13.1 Å². The van der Waals surface area contributed by atoms with Gasteiger partial charge >= 0.3 is 11.9 Å². The second kappa shape index (κ2) is 22.3. The molecule has 0 spiro atoms. The van der Waals surface area contributed by atoms with Crippen LogP contribution in [0.25, 0.3) is 0 Å². The third-order valence-corrected chi connectivity index (χ3v) is 6.05. The first-order valence-electron chi connectivity index (χ1n) is 13.2. The first-order chi connectivity index (χ1) is 15.0. The van der Waals surface area contributed by atoms with Gasteiger partial charge in [-0.25, -0.2) is 0 Å². The third kappa shape index (κ3) is 20.7. The van der Waals surface area contributed by atoms with Crippen molar-refractivity contribution in [3.05, 3.63) is 0 Å². The van der Waals surface area contributed by atoms with E-state index in [9.17, 15) is 9.59 Å². The number of carbonyl (C=O) groups excluding carboxylic acids is 2. The molecule has 2 atom stereocenters. The van der Waals surface area contributed by atoms with E-state index in [-0.39, 0.29) is 18.9 Å². The number of esters is 2. The molecule has 0 aromatic carbocycles. The molecule has 0 radical (unpaired) electrons. The van der Waals surface area contributed by atoms with Crippen LogP contribution in [0.1, 0.15) is 130 Å². The van der Waals surface area contributed by atoms with Gasteiger partial charge in [0.05, 0.1) is 12.8 Å². The van der Waals surface area contributed by atoms with E-state index in [1.165, 1.54) is 70.6 Å². The maximum absolute atomic E-state index is 11.9. The van der Waals surface area contributed by atoms with Gasteiger partial charge in [-0.15, -0.1) is 0 Å². The number of hydrogen-bond donors (Lipinski definition) is 2. The summed E-state index contributed by atoms with van der Waals surface area (Å²) in [6.07, 6.45) is 19.0. The standard InChI is InChI=1S/C26H52N2O3/c1-4-7-9-10-11-12-13-14-15-16-19-28-20-18-25(29)31-26(30)22-24(27)21-23(6-3)17-8-5-2/h23-24,28H,4-22,27H2,1-3H3. The van der Waals surface area contributed by atoms with Crippen LogP contribution >= 0.6 is 0 Å². The molecule has 5 heteroatoms. The molecule has 184 valence electrons. The molecule has 0 aliphatic rings. The van der Waals surface area contributed by atoms with Crippen molar-refractivity contribution in [3.63, 3.8) is 0 Å². The molecule has 5 nitrogen and oxygen atoms in total. The monoisotopic (exact) mass is 440 g/mol. The summed E-state index contributed by atoms with van der Waals surface area (Å²) in [6.45, 7) is 8.08. The summed E-state index contributed by atoms with van der Waals surface area (Å²) in [5.74, 6) is -0.392. The Morgan fingerprint density at radius 1 is 0.774 bits per heavy atom. The molecule has 0 fully saturated rings. The number of unbranched alkanes of at least 4 members (excludes halogenated alkanes) is 10. The van der Waals surface area contributed by atoms with Crippen LogP contribution in [-0.2, 0) is 14.3 Å². The largest absolute Gasteiger partial charge is 0.393 e. The van der Waals surface area contributed by atoms with Gasteiger partial charge in [-0.05, 0) is 25.3 Å². The van der Waals surface area contributed by atoms with Crippen molar-refractivity contribution in [2.24, 2.45) is 11.7 Å². The Bertz CT molecular complexity index is 429. The van der Waals surface area contributed by atoms with E-state index in [1.54, 1.807) is 0 Å². The highest BCUT2D eigenvalue weighted by Gasteiger charge is 2.18. The van der Waals surface area contributed by atoms with Crippen molar-refractivity contribution < 1.29 is 14.3 Å². The fraction of sp³-hybridized carbons (Fsp3) is 0.923. The Hall–Kier alpha value is -0.940. The van der Waals surface area contributed by atoms with E-state index in [0.717, 1.165) is 32.2 Å². The zero-order chi connectivity index (χ0) is 23.2. The molecule has 2 unspecified atom stereocenters. The highest BCUT2D eigenvalue weighted by atomic mass is 16.6. The number of hydrogen-bond acceptors (Lipinski definition) is 5. The zero-order valence-corrected chi connectivity index (χ0v) is 20.9. The molecule has 0 saturated heterocycles. The number of nitrogens with one attached hydrogen (secondary N) is 1. The number of nitrogens with two attached hydrogens (primary N) is 1. The number of rotatable bonds is 22. The van der Waals surface area contributed by atoms with Gasteiger partial charge in [0.25, 0.3) is 0 Å². The maximum Gasteiger partial charge on any atom is 0.315 e. The van der Waals surface area contributed by atoms with Crippen LogP contribution < -0.4 is 11.1 Å². The fourth-order valence-corrected chi connectivity index (χ4v) is 3.98. The maximum atomic E-state index is 11.9. The molecule has 0 heterocycles. The van der Waals surface area contributed by atoms with Crippen LogP contribution in [0.3, 0.4) is 0 Å². The first-order valence-corrected chi connectivity index (χ1v) is 13.2. The van der Waals surface area contributed by atoms with Crippen LogP contribution in [0.4, 0.5) is 0 Å². The summed E-state index contributed by atoms with van der Waals surface area (Å²) in [4.78, 5) is 23.8. The second-order valence-corrected chi connectivity index (χ2v) is 9.14. The number of ether oxygens (including phenoxy) is 1. The molecule has 0 amide bonds. The van der Waals surface area contributed by atoms with Gasteiger partial charge in [0.15, 0.2) is 0 Å². The zero-order valence-electron chi connectivity index (χ0n) is 20.9. The van der Waals surface area contributed by atoms with Gasteiger partial charge in [-0.2, -0.15) is 0 Å². The molecule has 0 aromatic heterocycles. The highest BCUT2D eigenvalue weighted by molar-refractivity contribution is 5.85. The Kier molecular flexibility index (Phi) is 21.6. The molecule has 0 aliphatic carbocycles. The minimum atomic E-state index is -0.488. The Balaban J connectivity index is 3.58. The predicted octanol–water partition coefficient (Wildman–Crippen LogP) is 6.28. The average molecular weight is 441 g/mol. The topological polar surface area (TPSA) is 81.4 Å². The van der Waals surface area contributed by atoms with E-state index in [2.05, 4.69) is 26.1 Å². The van der Waals surface area contributed by atoms with Gasteiger partial charge < -0.3 is 15.8 Å². The molecule has 0 rings (SSSR count). The fourth-order valence-electron chi connectivity index (χ4n) is 3.98. The van der Waals surface area contributed by atoms with Gasteiger partial charge in [0.2, 0.25) is 0 Å². The lowest BCUT2D eigenvalue weighted by Crippen LogP contribution is -2.29. The van der Waals surface area contributed by atoms with Crippen molar-refractivity contribution in [2.45, 2.75) is 136 Å². The van der Waals surface area contributed by atoms with Crippen LogP contribution in [0.15, 0.2) is 0 Å². The van der Waals surface area contributed by atoms with Crippen molar-refractivity contribution in [3.8, 4) is 0 Å². The lowest BCUT2D eigenvalue weighted by atomic mass is 9.91. The normalized spacial score (nSPS) is 13.2. The summed E-state index contributed by atoms with van der Waals surface area (Å²) >= 11 is 0.